The normalized spacial score (nSPS) is 16.1. The molecule has 1 saturated carbocycles. The molecule has 0 saturated heterocycles. The number of rotatable bonds is 3. The summed E-state index contributed by atoms with van der Waals surface area (Å²) in [6.45, 7) is 8.90. The Morgan fingerprint density at radius 3 is 2.45 bits per heavy atom. The number of aryl methyl sites for hydroxylation is 1. The Balaban J connectivity index is 1.73. The highest BCUT2D eigenvalue weighted by Crippen LogP contribution is 2.40. The summed E-state index contributed by atoms with van der Waals surface area (Å²) >= 11 is 0. The molecule has 148 valence electrons. The molecule has 0 bridgehead atoms. The van der Waals surface area contributed by atoms with Crippen molar-refractivity contribution >= 4 is 10.8 Å². The van der Waals surface area contributed by atoms with Gasteiger partial charge in [-0.3, -0.25) is 4.98 Å². The lowest BCUT2D eigenvalue weighted by Crippen LogP contribution is -2.16. The fraction of sp³-hybridized carbons (Fsp3) is 0.407. The Labute approximate surface area is 174 Å². The number of nitriles is 1. The maximum atomic E-state index is 9.74. The second-order valence-electron chi connectivity index (χ2n) is 9.86. The monoisotopic (exact) mass is 382 g/mol. The molecule has 1 aromatic heterocycles. The van der Waals surface area contributed by atoms with Gasteiger partial charge in [-0.2, -0.15) is 5.26 Å². The summed E-state index contributed by atoms with van der Waals surface area (Å²) in [5.41, 5.74) is 5.99. The molecule has 2 heteroatoms. The van der Waals surface area contributed by atoms with Gasteiger partial charge >= 0.3 is 0 Å². The van der Waals surface area contributed by atoms with Crippen molar-refractivity contribution in [2.24, 2.45) is 5.41 Å². The fourth-order valence-corrected chi connectivity index (χ4v) is 4.59. The summed E-state index contributed by atoms with van der Waals surface area (Å²) in [5.74, 6) is 0. The zero-order valence-electron chi connectivity index (χ0n) is 18.0. The van der Waals surface area contributed by atoms with Crippen LogP contribution in [-0.4, -0.2) is 4.98 Å². The van der Waals surface area contributed by atoms with Crippen LogP contribution in [0.4, 0.5) is 0 Å². The number of benzene rings is 2. The predicted molar refractivity (Wildman–Crippen MR) is 121 cm³/mol. The molecule has 0 N–H and O–H groups in total. The van der Waals surface area contributed by atoms with Crippen LogP contribution in [0.25, 0.3) is 22.0 Å². The molecular formula is C27H30N2. The largest absolute Gasteiger partial charge is 0.256 e. The maximum Gasteiger partial charge on any atom is 0.0708 e. The van der Waals surface area contributed by atoms with Gasteiger partial charge in [0.05, 0.1) is 17.2 Å². The second-order valence-corrected chi connectivity index (χ2v) is 9.86. The van der Waals surface area contributed by atoms with Crippen molar-refractivity contribution in [3.63, 3.8) is 0 Å². The predicted octanol–water partition coefficient (Wildman–Crippen LogP) is 7.13. The molecule has 3 aromatic rings. The average Bonchev–Trinajstić information content (AvgIpc) is 3.15. The first-order valence-corrected chi connectivity index (χ1v) is 10.7. The van der Waals surface area contributed by atoms with Crippen LogP contribution in [0.3, 0.4) is 0 Å². The molecule has 1 heterocycles. The Morgan fingerprint density at radius 1 is 1.00 bits per heavy atom. The second kappa shape index (κ2) is 7.30. The molecule has 1 aliphatic carbocycles. The molecule has 2 aromatic carbocycles. The number of nitrogens with zero attached hydrogens (tertiary/aromatic N) is 2. The highest BCUT2D eigenvalue weighted by atomic mass is 14.7. The van der Waals surface area contributed by atoms with E-state index in [-0.39, 0.29) is 10.8 Å². The highest BCUT2D eigenvalue weighted by molar-refractivity contribution is 5.86. The third kappa shape index (κ3) is 4.06. The van der Waals surface area contributed by atoms with E-state index < -0.39 is 0 Å². The van der Waals surface area contributed by atoms with Gasteiger partial charge in [-0.15, -0.1) is 0 Å². The van der Waals surface area contributed by atoms with Crippen LogP contribution < -0.4 is 0 Å². The molecule has 4 rings (SSSR count). The van der Waals surface area contributed by atoms with Crippen molar-refractivity contribution in [2.45, 2.75) is 65.2 Å². The van der Waals surface area contributed by atoms with Gasteiger partial charge in [-0.25, -0.2) is 0 Å². The summed E-state index contributed by atoms with van der Waals surface area (Å²) in [5, 5.41) is 12.1. The molecule has 0 radical (unpaired) electrons. The summed E-state index contributed by atoms with van der Waals surface area (Å²) in [6, 6.07) is 18.2. The molecule has 1 aliphatic rings. The van der Waals surface area contributed by atoms with Gasteiger partial charge in [0.2, 0.25) is 0 Å². The lowest BCUT2D eigenvalue weighted by molar-refractivity contribution is 0.408. The zero-order valence-corrected chi connectivity index (χ0v) is 18.0. The van der Waals surface area contributed by atoms with E-state index in [2.05, 4.69) is 76.2 Å². The lowest BCUT2D eigenvalue weighted by Gasteiger charge is -2.21. The highest BCUT2D eigenvalue weighted by Gasteiger charge is 2.33. The van der Waals surface area contributed by atoms with Crippen molar-refractivity contribution in [3.05, 3.63) is 65.4 Å². The standard InChI is InChI=1S/C27H30N2/c1-19-11-23(14-24(12-19)26(2,3)4)25-15-22-13-20(7-8-21(22)17-29-25)16-27(18-28)9-5-6-10-27/h7-8,11-15,17H,5-6,9-10,16H2,1-4H3. The smallest absolute Gasteiger partial charge is 0.0708 e. The van der Waals surface area contributed by atoms with Crippen LogP contribution in [0.2, 0.25) is 0 Å². The van der Waals surface area contributed by atoms with Gasteiger partial charge < -0.3 is 0 Å². The topological polar surface area (TPSA) is 36.7 Å². The van der Waals surface area contributed by atoms with Crippen molar-refractivity contribution < 1.29 is 0 Å². The van der Waals surface area contributed by atoms with Gasteiger partial charge in [0.25, 0.3) is 0 Å². The Bertz CT molecular complexity index is 1090. The molecule has 0 unspecified atom stereocenters. The Morgan fingerprint density at radius 2 is 1.76 bits per heavy atom. The van der Waals surface area contributed by atoms with Crippen molar-refractivity contribution in [1.82, 2.24) is 4.98 Å². The van der Waals surface area contributed by atoms with Crippen molar-refractivity contribution in [1.29, 1.82) is 5.26 Å². The number of aromatic nitrogens is 1. The van der Waals surface area contributed by atoms with E-state index >= 15 is 0 Å². The SMILES string of the molecule is Cc1cc(-c2cc3cc(CC4(C#N)CCCC4)ccc3cn2)cc(C(C)(C)C)c1. The number of hydrogen-bond acceptors (Lipinski definition) is 2. The van der Waals surface area contributed by atoms with Crippen LogP contribution in [-0.2, 0) is 11.8 Å². The number of fused-ring (bicyclic) bond motifs is 1. The van der Waals surface area contributed by atoms with E-state index in [0.717, 1.165) is 30.3 Å². The van der Waals surface area contributed by atoms with Crippen LogP contribution in [0.1, 0.15) is 63.1 Å². The molecule has 0 atom stereocenters. The lowest BCUT2D eigenvalue weighted by atomic mass is 9.81. The van der Waals surface area contributed by atoms with Crippen LogP contribution in [0.15, 0.2) is 48.7 Å². The number of hydrogen-bond donors (Lipinski definition) is 0. The minimum absolute atomic E-state index is 0.109. The van der Waals surface area contributed by atoms with Gasteiger partial charge in [-0.1, -0.05) is 63.4 Å². The first kappa shape index (κ1) is 19.6. The molecule has 0 spiro atoms. The van der Waals surface area contributed by atoms with Crippen LogP contribution >= 0.6 is 0 Å². The van der Waals surface area contributed by atoms with Crippen molar-refractivity contribution in [2.75, 3.05) is 0 Å². The van der Waals surface area contributed by atoms with Crippen LogP contribution in [0.5, 0.6) is 0 Å². The number of pyridine rings is 1. The third-order valence-corrected chi connectivity index (χ3v) is 6.37. The van der Waals surface area contributed by atoms with Gasteiger partial charge in [0, 0.05) is 17.1 Å². The molecule has 0 aliphatic heterocycles. The van der Waals surface area contributed by atoms with Gasteiger partial charge in [-0.05, 0) is 66.3 Å². The van der Waals surface area contributed by atoms with Gasteiger partial charge in [0.15, 0.2) is 0 Å². The molecule has 2 nitrogen and oxygen atoms in total. The Hall–Kier alpha value is -2.66. The van der Waals surface area contributed by atoms with Crippen LogP contribution in [0, 0.1) is 23.7 Å². The van der Waals surface area contributed by atoms with E-state index in [9.17, 15) is 5.26 Å². The third-order valence-electron chi connectivity index (χ3n) is 6.37. The van der Waals surface area contributed by atoms with E-state index in [4.69, 9.17) is 4.98 Å². The van der Waals surface area contributed by atoms with E-state index in [1.807, 2.05) is 6.20 Å². The molecule has 1 fully saturated rings. The van der Waals surface area contributed by atoms with E-state index in [1.165, 1.54) is 40.5 Å². The summed E-state index contributed by atoms with van der Waals surface area (Å²) < 4.78 is 0. The average molecular weight is 383 g/mol. The summed E-state index contributed by atoms with van der Waals surface area (Å²) in [7, 11) is 0. The summed E-state index contributed by atoms with van der Waals surface area (Å²) in [4.78, 5) is 4.75. The first-order chi connectivity index (χ1) is 13.8. The van der Waals surface area contributed by atoms with Crippen molar-refractivity contribution in [3.8, 4) is 17.3 Å². The molecule has 29 heavy (non-hydrogen) atoms. The minimum Gasteiger partial charge on any atom is -0.256 e. The fourth-order valence-electron chi connectivity index (χ4n) is 4.59. The molecule has 0 amide bonds. The summed E-state index contributed by atoms with van der Waals surface area (Å²) in [6.07, 6.45) is 7.25. The van der Waals surface area contributed by atoms with Gasteiger partial charge in [0.1, 0.15) is 0 Å². The molecular weight excluding hydrogens is 352 g/mol. The first-order valence-electron chi connectivity index (χ1n) is 10.7. The maximum absolute atomic E-state index is 9.74. The van der Waals surface area contributed by atoms with E-state index in [0.29, 0.717) is 0 Å². The minimum atomic E-state index is -0.165. The quantitative estimate of drug-likeness (QED) is 0.483. The van der Waals surface area contributed by atoms with E-state index in [1.54, 1.807) is 0 Å². The zero-order chi connectivity index (χ0) is 20.6. The Kier molecular flexibility index (Phi) is 4.95.